The minimum Gasteiger partial charge on any atom is -0.462 e. The Labute approximate surface area is 332 Å². The number of aliphatic hydroxyl groups is 1. The fraction of sp³-hybridized carbons (Fsp3) is 0.556. The summed E-state index contributed by atoms with van der Waals surface area (Å²) in [6.45, 7) is 3.42. The summed E-state index contributed by atoms with van der Waals surface area (Å²) in [4.78, 5) is 42.7. The lowest BCUT2D eigenvalue weighted by Gasteiger charge is -2.18. The third kappa shape index (κ3) is 41.7. The van der Waals surface area contributed by atoms with Gasteiger partial charge in [0.25, 0.3) is 0 Å². The fourth-order valence-electron chi connectivity index (χ4n) is 4.78. The van der Waals surface area contributed by atoms with Crippen molar-refractivity contribution < 1.29 is 43.0 Å². The molecule has 0 rings (SSSR count). The number of rotatable bonds is 35. The molecule has 0 saturated heterocycles. The third-order valence-electron chi connectivity index (χ3n) is 7.86. The zero-order valence-electron chi connectivity index (χ0n) is 33.6. The first-order valence-electron chi connectivity index (χ1n) is 20.3. The molecule has 0 bridgehead atoms. The average molecular weight is 787 g/mol. The first-order valence-corrected chi connectivity index (χ1v) is 21.8. The molecular weight excluding hydrogens is 715 g/mol. The van der Waals surface area contributed by atoms with Crippen molar-refractivity contribution in [1.29, 1.82) is 0 Å². The summed E-state index contributed by atoms with van der Waals surface area (Å²) >= 11 is 0. The second-order valence-electron chi connectivity index (χ2n) is 13.1. The zero-order valence-corrected chi connectivity index (χ0v) is 34.5. The molecule has 310 valence electrons. The summed E-state index contributed by atoms with van der Waals surface area (Å²) in [7, 11) is -4.82. The van der Waals surface area contributed by atoms with Crippen LogP contribution in [-0.2, 0) is 28.2 Å². The Morgan fingerprint density at radius 1 is 0.564 bits per heavy atom. The van der Waals surface area contributed by atoms with Gasteiger partial charge in [0.2, 0.25) is 0 Å². The minimum atomic E-state index is -4.82. The predicted molar refractivity (Wildman–Crippen MR) is 226 cm³/mol. The number of phosphoric ester groups is 1. The van der Waals surface area contributed by atoms with E-state index in [4.69, 9.17) is 19.3 Å². The van der Waals surface area contributed by atoms with Crippen LogP contribution in [-0.4, -0.2) is 52.3 Å². The van der Waals surface area contributed by atoms with Crippen molar-refractivity contribution >= 4 is 19.8 Å². The van der Waals surface area contributed by atoms with E-state index in [0.717, 1.165) is 38.5 Å². The molecule has 0 aliphatic rings. The van der Waals surface area contributed by atoms with Crippen molar-refractivity contribution in [3.63, 3.8) is 0 Å². The maximum atomic E-state index is 12.4. The lowest BCUT2D eigenvalue weighted by Crippen LogP contribution is -2.29. The van der Waals surface area contributed by atoms with E-state index in [0.29, 0.717) is 25.7 Å². The lowest BCUT2D eigenvalue weighted by atomic mass is 10.2. The van der Waals surface area contributed by atoms with E-state index in [1.807, 2.05) is 30.4 Å². The topological polar surface area (TPSA) is 140 Å². The highest BCUT2D eigenvalue weighted by molar-refractivity contribution is 7.46. The Balaban J connectivity index is 4.27. The molecule has 0 heterocycles. The number of unbranched alkanes of at least 4 members (excludes halogenated alkanes) is 7. The number of hydrogen-bond acceptors (Lipinski definition) is 7. The van der Waals surface area contributed by atoms with E-state index >= 15 is 0 Å². The van der Waals surface area contributed by atoms with E-state index in [2.05, 4.69) is 79.1 Å². The summed E-state index contributed by atoms with van der Waals surface area (Å²) in [5.41, 5.74) is 0. The van der Waals surface area contributed by atoms with E-state index in [1.54, 1.807) is 18.2 Å². The first-order chi connectivity index (χ1) is 26.7. The lowest BCUT2D eigenvalue weighted by molar-refractivity contribution is -0.161. The van der Waals surface area contributed by atoms with Gasteiger partial charge in [0.05, 0.1) is 12.7 Å². The molecule has 10 heteroatoms. The van der Waals surface area contributed by atoms with Crippen molar-refractivity contribution in [3.05, 3.63) is 109 Å². The summed E-state index contributed by atoms with van der Waals surface area (Å²) in [5, 5.41) is 10.1. The number of ether oxygens (including phenoxy) is 2. The van der Waals surface area contributed by atoms with Gasteiger partial charge in [-0.15, -0.1) is 0 Å². The molecule has 0 aromatic carbocycles. The third-order valence-corrected chi connectivity index (χ3v) is 8.34. The van der Waals surface area contributed by atoms with Crippen LogP contribution in [0.25, 0.3) is 0 Å². The van der Waals surface area contributed by atoms with Crippen LogP contribution in [0.1, 0.15) is 136 Å². The molecule has 0 aliphatic carbocycles. The van der Waals surface area contributed by atoms with Crippen molar-refractivity contribution in [2.75, 3.05) is 13.2 Å². The van der Waals surface area contributed by atoms with E-state index in [-0.39, 0.29) is 19.4 Å². The van der Waals surface area contributed by atoms with Gasteiger partial charge in [0.15, 0.2) is 6.10 Å². The molecule has 0 radical (unpaired) electrons. The van der Waals surface area contributed by atoms with Crippen molar-refractivity contribution in [1.82, 2.24) is 0 Å². The van der Waals surface area contributed by atoms with Gasteiger partial charge in [-0.1, -0.05) is 149 Å². The van der Waals surface area contributed by atoms with Crippen LogP contribution in [0, 0.1) is 0 Å². The van der Waals surface area contributed by atoms with Crippen LogP contribution < -0.4 is 0 Å². The maximum Gasteiger partial charge on any atom is 0.469 e. The van der Waals surface area contributed by atoms with E-state index < -0.39 is 38.6 Å². The molecule has 0 aromatic heterocycles. The molecule has 0 fully saturated rings. The average Bonchev–Trinajstić information content (AvgIpc) is 3.15. The van der Waals surface area contributed by atoms with Gasteiger partial charge < -0.3 is 24.4 Å². The Kier molecular flexibility index (Phi) is 36.6. The minimum absolute atomic E-state index is 0.0547. The highest BCUT2D eigenvalue weighted by atomic mass is 31.2. The Hall–Kier alpha value is -3.33. The van der Waals surface area contributed by atoms with Gasteiger partial charge >= 0.3 is 19.8 Å². The molecule has 0 spiro atoms. The molecule has 9 nitrogen and oxygen atoms in total. The van der Waals surface area contributed by atoms with Gasteiger partial charge in [-0.25, -0.2) is 4.57 Å². The Morgan fingerprint density at radius 3 is 1.58 bits per heavy atom. The Bertz CT molecular complexity index is 1270. The molecule has 0 amide bonds. The highest BCUT2D eigenvalue weighted by Crippen LogP contribution is 2.35. The van der Waals surface area contributed by atoms with E-state index in [9.17, 15) is 19.3 Å². The van der Waals surface area contributed by atoms with Crippen LogP contribution in [0.2, 0.25) is 0 Å². The van der Waals surface area contributed by atoms with Crippen molar-refractivity contribution in [2.24, 2.45) is 0 Å². The summed E-state index contributed by atoms with van der Waals surface area (Å²) in [5.74, 6) is -1.12. The molecule has 0 aliphatic heterocycles. The second-order valence-corrected chi connectivity index (χ2v) is 14.3. The van der Waals surface area contributed by atoms with Crippen molar-refractivity contribution in [3.8, 4) is 0 Å². The molecule has 1 unspecified atom stereocenters. The van der Waals surface area contributed by atoms with Gasteiger partial charge in [-0.05, 0) is 83.5 Å². The van der Waals surface area contributed by atoms with Crippen LogP contribution >= 0.6 is 7.82 Å². The summed E-state index contributed by atoms with van der Waals surface area (Å²) in [6, 6.07) is 0. The van der Waals surface area contributed by atoms with Gasteiger partial charge in [-0.2, -0.15) is 0 Å². The van der Waals surface area contributed by atoms with E-state index in [1.165, 1.54) is 44.9 Å². The smallest absolute Gasteiger partial charge is 0.462 e. The highest BCUT2D eigenvalue weighted by Gasteiger charge is 2.22. The van der Waals surface area contributed by atoms with Gasteiger partial charge in [0, 0.05) is 12.8 Å². The number of esters is 2. The molecule has 0 saturated carbocycles. The quantitative estimate of drug-likeness (QED) is 0.0188. The second kappa shape index (κ2) is 38.9. The summed E-state index contributed by atoms with van der Waals surface area (Å²) < 4.78 is 26.2. The number of phosphoric acid groups is 1. The van der Waals surface area contributed by atoms with Gasteiger partial charge in [-0.3, -0.25) is 14.1 Å². The number of allylic oxidation sites excluding steroid dienone is 16. The molecule has 3 N–H and O–H groups in total. The largest absolute Gasteiger partial charge is 0.469 e. The molecule has 0 aromatic rings. The molecule has 2 atom stereocenters. The molecular formula is C45H71O9P. The van der Waals surface area contributed by atoms with Crippen LogP contribution in [0.5, 0.6) is 0 Å². The zero-order chi connectivity index (χ0) is 40.5. The monoisotopic (exact) mass is 786 g/mol. The Morgan fingerprint density at radius 2 is 1.05 bits per heavy atom. The number of hydrogen-bond donors (Lipinski definition) is 3. The SMILES string of the molecule is CCCCC/C=C\C/C=C\C/C=C\C/C=C\C/C=C\CCC(=O)OC[C@H](COP(=O)(O)O)OC(=O)CCC/C=C/C=C\C(O)C/C=C\C/C=C\CCCCC. The van der Waals surface area contributed by atoms with Crippen LogP contribution in [0.15, 0.2) is 109 Å². The number of aliphatic hydroxyl groups excluding tert-OH is 1. The maximum absolute atomic E-state index is 12.4. The first kappa shape index (κ1) is 51.7. The standard InChI is InChI=1S/C45H71O9P/c1-3-5-7-9-11-13-14-15-16-17-18-19-20-21-22-24-26-30-34-38-44(47)52-40-43(41-53-55(49,50)51)54-45(48)39-35-31-27-29-33-37-42(46)36-32-28-25-23-12-10-8-6-4-2/h11-13,15-16,18-19,21-23,26-30,32-33,37,42-43,46H,3-10,14,17,20,24-25,31,34-36,38-41H2,1-2H3,(H2,49,50,51)/b13-11-,16-15-,19-18-,22-21-,23-12-,29-27+,30-26-,32-28-,37-33-/t42?,43-/m1/s1. The van der Waals surface area contributed by atoms with Crippen LogP contribution in [0.3, 0.4) is 0 Å². The molecule has 55 heavy (non-hydrogen) atoms. The summed E-state index contributed by atoms with van der Waals surface area (Å²) in [6.07, 6.45) is 51.3. The normalized spacial score (nSPS) is 14.2. The predicted octanol–water partition coefficient (Wildman–Crippen LogP) is 11.4. The van der Waals surface area contributed by atoms with Gasteiger partial charge in [0.1, 0.15) is 6.61 Å². The fourth-order valence-corrected chi connectivity index (χ4v) is 5.14. The van der Waals surface area contributed by atoms with Crippen LogP contribution in [0.4, 0.5) is 0 Å². The van der Waals surface area contributed by atoms with Crippen molar-refractivity contribution in [2.45, 2.75) is 148 Å². The number of carbonyl (C=O) groups excluding carboxylic acids is 2. The number of carbonyl (C=O) groups is 2.